The van der Waals surface area contributed by atoms with E-state index in [2.05, 4.69) is 19.3 Å². The summed E-state index contributed by atoms with van der Waals surface area (Å²) >= 11 is 1.01. The minimum Gasteiger partial charge on any atom is -0.479 e. The molecule has 13 nitrogen and oxygen atoms in total. The highest BCUT2D eigenvalue weighted by molar-refractivity contribution is 7.80. The molecule has 4 N–H and O–H groups in total. The van der Waals surface area contributed by atoms with Crippen molar-refractivity contribution in [3.8, 4) is 0 Å². The standard InChI is InChI=1S/C13H16N4O9S2.H2S/c1-13(2)6(11(21)17(13)26-28(22,23)24)3-8(18)10(16-25-4-9(19)20)7-5-27-12(14)15-7;/h5-6H,3-4H2,1-2H3,(H2,14,15)(H,19,20)(H,22,23,24);1H2/b16-10-;. The lowest BCUT2D eigenvalue weighted by atomic mass is 9.74. The molecular formula is C13H18N4O9S3. The summed E-state index contributed by atoms with van der Waals surface area (Å²) in [5.74, 6) is -3.88. The highest BCUT2D eigenvalue weighted by Crippen LogP contribution is 2.40. The van der Waals surface area contributed by atoms with E-state index in [0.29, 0.717) is 5.06 Å². The molecule has 0 saturated carbocycles. The Morgan fingerprint density at radius 3 is 2.52 bits per heavy atom. The fraction of sp³-hybridized carbons (Fsp3) is 0.462. The van der Waals surface area contributed by atoms with Crippen molar-refractivity contribution in [1.82, 2.24) is 10.0 Å². The Kier molecular flexibility index (Phi) is 7.72. The molecule has 1 atom stereocenters. The lowest BCUT2D eigenvalue weighted by molar-refractivity contribution is -0.228. The van der Waals surface area contributed by atoms with Crippen molar-refractivity contribution in [3.05, 3.63) is 11.1 Å². The second-order valence-corrected chi connectivity index (χ2v) is 8.04. The monoisotopic (exact) mass is 470 g/mol. The number of amides is 1. The topological polar surface area (TPSA) is 199 Å². The van der Waals surface area contributed by atoms with Gasteiger partial charge in [-0.15, -0.1) is 15.6 Å². The number of nitrogens with zero attached hydrogens (tertiary/aromatic N) is 3. The van der Waals surface area contributed by atoms with Gasteiger partial charge in [0, 0.05) is 11.8 Å². The zero-order chi connectivity index (χ0) is 21.3. The van der Waals surface area contributed by atoms with Crippen molar-refractivity contribution in [2.45, 2.75) is 25.8 Å². The summed E-state index contributed by atoms with van der Waals surface area (Å²) in [6.07, 6.45) is -0.427. The van der Waals surface area contributed by atoms with Crippen molar-refractivity contribution in [2.75, 3.05) is 12.3 Å². The van der Waals surface area contributed by atoms with E-state index in [9.17, 15) is 22.8 Å². The van der Waals surface area contributed by atoms with Crippen molar-refractivity contribution in [1.29, 1.82) is 0 Å². The molecule has 0 spiro atoms. The number of thiazole rings is 1. The first-order valence-corrected chi connectivity index (χ1v) is 9.75. The number of nitrogens with two attached hydrogens (primary N) is 1. The molecule has 0 bridgehead atoms. The van der Waals surface area contributed by atoms with E-state index in [1.807, 2.05) is 0 Å². The minimum absolute atomic E-state index is 0. The maximum Gasteiger partial charge on any atom is 0.418 e. The average Bonchev–Trinajstić information content (AvgIpc) is 2.98. The van der Waals surface area contributed by atoms with Crippen LogP contribution in [0.1, 0.15) is 26.0 Å². The van der Waals surface area contributed by atoms with Crippen LogP contribution in [0.15, 0.2) is 10.5 Å². The largest absolute Gasteiger partial charge is 0.479 e. The van der Waals surface area contributed by atoms with Crippen LogP contribution in [0.4, 0.5) is 5.13 Å². The number of anilines is 1. The number of ketones is 1. The number of aromatic nitrogens is 1. The fourth-order valence-electron chi connectivity index (χ4n) is 2.44. The third-order valence-corrected chi connectivity index (χ3v) is 4.82. The second-order valence-electron chi connectivity index (χ2n) is 6.15. The Morgan fingerprint density at radius 1 is 1.45 bits per heavy atom. The SMILES string of the molecule is CC1(C)C(CC(=O)/C(=N\OCC(=O)O)c2csc(N)n2)C(=O)N1OS(=O)(=O)O.S. The smallest absolute Gasteiger partial charge is 0.418 e. The second kappa shape index (κ2) is 9.04. The Bertz CT molecular complexity index is 941. The summed E-state index contributed by atoms with van der Waals surface area (Å²) in [6.45, 7) is 2.05. The van der Waals surface area contributed by atoms with Crippen LogP contribution in [0.5, 0.6) is 0 Å². The highest BCUT2D eigenvalue weighted by atomic mass is 32.3. The Labute approximate surface area is 175 Å². The van der Waals surface area contributed by atoms with Gasteiger partial charge < -0.3 is 15.7 Å². The molecule has 1 aliphatic rings. The van der Waals surface area contributed by atoms with E-state index in [1.54, 1.807) is 0 Å². The van der Waals surface area contributed by atoms with Crippen LogP contribution in [0.3, 0.4) is 0 Å². The minimum atomic E-state index is -4.92. The number of nitrogen functional groups attached to an aromatic ring is 1. The molecule has 2 heterocycles. The van der Waals surface area contributed by atoms with Gasteiger partial charge in [-0.2, -0.15) is 27.0 Å². The lowest BCUT2D eigenvalue weighted by Crippen LogP contribution is -2.68. The first-order valence-electron chi connectivity index (χ1n) is 7.50. The number of carbonyl (C=O) groups is 3. The van der Waals surface area contributed by atoms with E-state index >= 15 is 0 Å². The summed E-state index contributed by atoms with van der Waals surface area (Å²) < 4.78 is 34.6. The number of carboxylic acids is 1. The molecule has 2 rings (SSSR count). The highest BCUT2D eigenvalue weighted by Gasteiger charge is 2.57. The molecule has 1 aromatic heterocycles. The molecule has 1 saturated heterocycles. The first kappa shape index (κ1) is 24.8. The number of rotatable bonds is 9. The van der Waals surface area contributed by atoms with Crippen molar-refractivity contribution >= 4 is 63.7 Å². The first-order chi connectivity index (χ1) is 12.8. The molecule has 0 aliphatic carbocycles. The number of β-lactam (4-membered cyclic amide) rings is 1. The van der Waals surface area contributed by atoms with Crippen LogP contribution in [0.25, 0.3) is 0 Å². The number of oxime groups is 1. The number of Topliss-reactive ketones (excluding diaryl/α,β-unsaturated/α-hetero) is 1. The zero-order valence-corrected chi connectivity index (χ0v) is 17.7. The number of aliphatic carboxylic acids is 1. The van der Waals surface area contributed by atoms with Crippen LogP contribution in [0, 0.1) is 5.92 Å². The number of hydroxylamine groups is 2. The molecule has 1 fully saturated rings. The molecule has 162 valence electrons. The van der Waals surface area contributed by atoms with Crippen LogP contribution in [-0.2, 0) is 33.9 Å². The van der Waals surface area contributed by atoms with Gasteiger partial charge >= 0.3 is 16.4 Å². The molecule has 1 unspecified atom stereocenters. The summed E-state index contributed by atoms with van der Waals surface area (Å²) in [7, 11) is -4.92. The van der Waals surface area contributed by atoms with Crippen molar-refractivity contribution in [3.63, 3.8) is 0 Å². The predicted octanol–water partition coefficient (Wildman–Crippen LogP) is -0.426. The van der Waals surface area contributed by atoms with Gasteiger partial charge in [0.2, 0.25) is 6.61 Å². The molecule has 0 aromatic carbocycles. The molecule has 1 aromatic rings. The molecular weight excluding hydrogens is 452 g/mol. The molecule has 1 amide bonds. The fourth-order valence-corrected chi connectivity index (χ4v) is 3.44. The number of hydrogen-bond donors (Lipinski definition) is 3. The lowest BCUT2D eigenvalue weighted by Gasteiger charge is -2.50. The Balaban J connectivity index is 0.00000420. The Morgan fingerprint density at radius 2 is 2.07 bits per heavy atom. The average molecular weight is 471 g/mol. The summed E-state index contributed by atoms with van der Waals surface area (Å²) in [6, 6.07) is 0. The van der Waals surface area contributed by atoms with Crippen LogP contribution in [-0.4, -0.2) is 63.6 Å². The summed E-state index contributed by atoms with van der Waals surface area (Å²) in [4.78, 5) is 43.8. The molecule has 0 radical (unpaired) electrons. The normalized spacial score (nSPS) is 18.6. The van der Waals surface area contributed by atoms with Gasteiger partial charge in [-0.25, -0.2) is 9.78 Å². The Hall–Kier alpha value is -2.27. The third-order valence-electron chi connectivity index (χ3n) is 3.81. The molecule has 1 aliphatic heterocycles. The van der Waals surface area contributed by atoms with Gasteiger partial charge in [0.15, 0.2) is 16.6 Å². The predicted molar refractivity (Wildman–Crippen MR) is 104 cm³/mol. The van der Waals surface area contributed by atoms with Gasteiger partial charge in [0.05, 0.1) is 11.5 Å². The number of hydrogen-bond acceptors (Lipinski definition) is 11. The number of carbonyl (C=O) groups excluding carboxylic acids is 2. The zero-order valence-electron chi connectivity index (χ0n) is 15.1. The van der Waals surface area contributed by atoms with Gasteiger partial charge in [0.25, 0.3) is 5.91 Å². The van der Waals surface area contributed by atoms with Crippen LogP contribution < -0.4 is 5.73 Å². The van der Waals surface area contributed by atoms with E-state index in [0.717, 1.165) is 11.3 Å². The maximum absolute atomic E-state index is 12.6. The maximum atomic E-state index is 12.6. The summed E-state index contributed by atoms with van der Waals surface area (Å²) in [5.41, 5.74) is 3.98. The molecule has 16 heteroatoms. The van der Waals surface area contributed by atoms with Crippen molar-refractivity contribution < 1.29 is 41.6 Å². The van der Waals surface area contributed by atoms with Gasteiger partial charge in [-0.3, -0.25) is 14.1 Å². The third kappa shape index (κ3) is 5.86. The summed E-state index contributed by atoms with van der Waals surface area (Å²) in [5, 5.41) is 14.1. The van der Waals surface area contributed by atoms with E-state index < -0.39 is 52.5 Å². The van der Waals surface area contributed by atoms with Crippen LogP contribution >= 0.6 is 24.8 Å². The van der Waals surface area contributed by atoms with E-state index in [-0.39, 0.29) is 30.0 Å². The van der Waals surface area contributed by atoms with Crippen LogP contribution in [0.2, 0.25) is 0 Å². The number of carboxylic acid groups (broad SMARTS) is 1. The van der Waals surface area contributed by atoms with Gasteiger partial charge in [-0.05, 0) is 13.8 Å². The van der Waals surface area contributed by atoms with E-state index in [1.165, 1.54) is 19.2 Å². The van der Waals surface area contributed by atoms with Gasteiger partial charge in [-0.1, -0.05) is 5.16 Å². The van der Waals surface area contributed by atoms with Gasteiger partial charge in [0.1, 0.15) is 5.69 Å². The quantitative estimate of drug-likeness (QED) is 0.183. The van der Waals surface area contributed by atoms with Crippen molar-refractivity contribution in [2.24, 2.45) is 11.1 Å². The molecule has 29 heavy (non-hydrogen) atoms. The van der Waals surface area contributed by atoms with E-state index in [4.69, 9.17) is 15.4 Å².